The smallest absolute Gasteiger partial charge is 0.158 e. The van der Waals surface area contributed by atoms with Gasteiger partial charge in [0, 0.05) is 34.8 Å². The zero-order chi connectivity index (χ0) is 18.1. The molecule has 6 nitrogen and oxygen atoms in total. The summed E-state index contributed by atoms with van der Waals surface area (Å²) in [4.78, 5) is 4.16. The predicted molar refractivity (Wildman–Crippen MR) is 96.3 cm³/mol. The Morgan fingerprint density at radius 1 is 1.08 bits per heavy atom. The van der Waals surface area contributed by atoms with Crippen LogP contribution in [0.5, 0.6) is 5.75 Å². The van der Waals surface area contributed by atoms with E-state index in [0.717, 1.165) is 42.5 Å². The van der Waals surface area contributed by atoms with E-state index in [9.17, 15) is 14.6 Å². The van der Waals surface area contributed by atoms with Crippen LogP contribution in [0.3, 0.4) is 0 Å². The van der Waals surface area contributed by atoms with Crippen LogP contribution in [0.15, 0.2) is 36.7 Å². The zero-order valence-electron chi connectivity index (χ0n) is 14.1. The van der Waals surface area contributed by atoms with Crippen LogP contribution in [0.1, 0.15) is 25.7 Å². The van der Waals surface area contributed by atoms with Crippen LogP contribution in [-0.2, 0) is 0 Å². The third kappa shape index (κ3) is 3.06. The van der Waals surface area contributed by atoms with E-state index in [0.29, 0.717) is 17.1 Å². The number of nitrogens with zero attached hydrogens (tertiary/aromatic N) is 3. The number of hydrogen-bond donors (Lipinski definition) is 3. The molecular formula is C19H19FN4O2. The molecule has 2 aromatic heterocycles. The molecule has 26 heavy (non-hydrogen) atoms. The summed E-state index contributed by atoms with van der Waals surface area (Å²) in [5, 5.41) is 33.6. The van der Waals surface area contributed by atoms with Crippen LogP contribution >= 0.6 is 0 Å². The number of anilines is 1. The first-order valence-electron chi connectivity index (χ1n) is 8.67. The fourth-order valence-electron chi connectivity index (χ4n) is 3.46. The monoisotopic (exact) mass is 354 g/mol. The molecule has 134 valence electrons. The maximum Gasteiger partial charge on any atom is 0.158 e. The topological polar surface area (TPSA) is 91.2 Å². The van der Waals surface area contributed by atoms with Crippen molar-refractivity contribution < 1.29 is 14.6 Å². The quantitative estimate of drug-likeness (QED) is 0.669. The molecule has 0 amide bonds. The summed E-state index contributed by atoms with van der Waals surface area (Å²) in [6, 6.07) is 5.51. The molecule has 2 heterocycles. The van der Waals surface area contributed by atoms with Crippen molar-refractivity contribution in [1.82, 2.24) is 15.2 Å². The number of hydrogen-bond acceptors (Lipinski definition) is 6. The average Bonchev–Trinajstić information content (AvgIpc) is 2.64. The molecule has 1 saturated carbocycles. The Labute approximate surface area is 149 Å². The van der Waals surface area contributed by atoms with Crippen molar-refractivity contribution in [3.63, 3.8) is 0 Å². The molecular weight excluding hydrogens is 335 g/mol. The molecule has 0 radical (unpaired) electrons. The second kappa shape index (κ2) is 6.84. The fourth-order valence-corrected chi connectivity index (χ4v) is 3.46. The van der Waals surface area contributed by atoms with E-state index in [1.165, 1.54) is 12.1 Å². The van der Waals surface area contributed by atoms with Crippen molar-refractivity contribution in [2.24, 2.45) is 0 Å². The van der Waals surface area contributed by atoms with E-state index in [4.69, 9.17) is 0 Å². The lowest BCUT2D eigenvalue weighted by Crippen LogP contribution is -2.36. The van der Waals surface area contributed by atoms with Gasteiger partial charge in [-0.1, -0.05) is 12.8 Å². The number of aliphatic hydroxyl groups is 1. The zero-order valence-corrected chi connectivity index (χ0v) is 14.1. The minimum atomic E-state index is -0.519. The summed E-state index contributed by atoms with van der Waals surface area (Å²) in [5.41, 5.74) is 0.856. The third-order valence-corrected chi connectivity index (χ3v) is 4.85. The standard InChI is InChI=1S/C19H19FN4O2/c20-11-5-6-13(17(26)9-11)18-12-7-8-21-10-14(12)19(24-23-18)22-15-3-1-2-4-16(15)25/h5-10,15-16,25-26H,1-4H2,(H,22,24)/t15-,16-/m0/s1. The van der Waals surface area contributed by atoms with Crippen molar-refractivity contribution in [2.75, 3.05) is 5.32 Å². The molecule has 0 unspecified atom stereocenters. The highest BCUT2D eigenvalue weighted by molar-refractivity contribution is 6.00. The number of aromatic hydroxyl groups is 1. The van der Waals surface area contributed by atoms with Crippen molar-refractivity contribution in [3.05, 3.63) is 42.5 Å². The number of benzene rings is 1. The normalized spacial score (nSPS) is 20.2. The Kier molecular flexibility index (Phi) is 4.38. The van der Waals surface area contributed by atoms with Gasteiger partial charge in [-0.3, -0.25) is 4.98 Å². The highest BCUT2D eigenvalue weighted by Crippen LogP contribution is 2.35. The number of pyridine rings is 1. The van der Waals surface area contributed by atoms with E-state index in [1.54, 1.807) is 18.5 Å². The molecule has 4 rings (SSSR count). The van der Waals surface area contributed by atoms with Crippen molar-refractivity contribution >= 4 is 16.6 Å². The summed E-state index contributed by atoms with van der Waals surface area (Å²) in [6.45, 7) is 0. The SMILES string of the molecule is Oc1cc(F)ccc1-c1nnc(N[C@H]2CCCC[C@@H]2O)c2cnccc12. The fraction of sp³-hybridized carbons (Fsp3) is 0.316. The van der Waals surface area contributed by atoms with Gasteiger partial charge in [0.25, 0.3) is 0 Å². The minimum Gasteiger partial charge on any atom is -0.507 e. The van der Waals surface area contributed by atoms with E-state index >= 15 is 0 Å². The van der Waals surface area contributed by atoms with Gasteiger partial charge in [-0.25, -0.2) is 4.39 Å². The summed E-state index contributed by atoms with van der Waals surface area (Å²) in [6.07, 6.45) is 6.60. The molecule has 0 saturated heterocycles. The van der Waals surface area contributed by atoms with Gasteiger partial charge >= 0.3 is 0 Å². The predicted octanol–water partition coefficient (Wildman–Crippen LogP) is 3.25. The number of halogens is 1. The number of aromatic nitrogens is 3. The molecule has 2 atom stereocenters. The van der Waals surface area contributed by atoms with Gasteiger partial charge in [0.15, 0.2) is 5.82 Å². The van der Waals surface area contributed by atoms with Crippen LogP contribution in [0, 0.1) is 5.82 Å². The first kappa shape index (κ1) is 16.7. The van der Waals surface area contributed by atoms with Gasteiger partial charge < -0.3 is 15.5 Å². The number of phenols is 1. The molecule has 0 aliphatic heterocycles. The molecule has 1 aromatic carbocycles. The molecule has 3 aromatic rings. The molecule has 0 spiro atoms. The van der Waals surface area contributed by atoms with Gasteiger partial charge in [-0.2, -0.15) is 0 Å². The van der Waals surface area contributed by atoms with Gasteiger partial charge in [0.05, 0.1) is 12.1 Å². The lowest BCUT2D eigenvalue weighted by molar-refractivity contribution is 0.116. The highest BCUT2D eigenvalue weighted by Gasteiger charge is 2.24. The van der Waals surface area contributed by atoms with E-state index < -0.39 is 11.9 Å². The first-order valence-corrected chi connectivity index (χ1v) is 8.67. The lowest BCUT2D eigenvalue weighted by Gasteiger charge is -2.29. The molecule has 3 N–H and O–H groups in total. The highest BCUT2D eigenvalue weighted by atomic mass is 19.1. The Morgan fingerprint density at radius 3 is 2.73 bits per heavy atom. The summed E-state index contributed by atoms with van der Waals surface area (Å²) in [7, 11) is 0. The van der Waals surface area contributed by atoms with Crippen molar-refractivity contribution in [3.8, 4) is 17.0 Å². The van der Waals surface area contributed by atoms with Crippen LogP contribution in [0.2, 0.25) is 0 Å². The average molecular weight is 354 g/mol. The Balaban J connectivity index is 1.78. The second-order valence-electron chi connectivity index (χ2n) is 6.58. The minimum absolute atomic E-state index is 0.0773. The largest absolute Gasteiger partial charge is 0.507 e. The van der Waals surface area contributed by atoms with Crippen LogP contribution < -0.4 is 5.32 Å². The van der Waals surface area contributed by atoms with Gasteiger partial charge in [0.2, 0.25) is 0 Å². The maximum atomic E-state index is 13.3. The lowest BCUT2D eigenvalue weighted by atomic mass is 9.92. The number of fused-ring (bicyclic) bond motifs is 1. The molecule has 7 heteroatoms. The summed E-state index contributed by atoms with van der Waals surface area (Å²) < 4.78 is 13.3. The second-order valence-corrected chi connectivity index (χ2v) is 6.58. The summed E-state index contributed by atoms with van der Waals surface area (Å²) >= 11 is 0. The molecule has 0 bridgehead atoms. The molecule has 1 fully saturated rings. The Hall–Kier alpha value is -2.80. The van der Waals surface area contributed by atoms with Crippen LogP contribution in [0.4, 0.5) is 10.2 Å². The molecule has 1 aliphatic carbocycles. The van der Waals surface area contributed by atoms with E-state index in [-0.39, 0.29) is 11.8 Å². The van der Waals surface area contributed by atoms with Gasteiger partial charge in [-0.15, -0.1) is 10.2 Å². The van der Waals surface area contributed by atoms with Crippen molar-refractivity contribution in [1.29, 1.82) is 0 Å². The van der Waals surface area contributed by atoms with Crippen LogP contribution in [0.25, 0.3) is 22.0 Å². The van der Waals surface area contributed by atoms with E-state index in [2.05, 4.69) is 20.5 Å². The summed E-state index contributed by atoms with van der Waals surface area (Å²) in [5.74, 6) is -0.167. The third-order valence-electron chi connectivity index (χ3n) is 4.85. The van der Waals surface area contributed by atoms with Gasteiger partial charge in [0.1, 0.15) is 17.3 Å². The number of phenolic OH excluding ortho intramolecular Hbond substituents is 1. The Morgan fingerprint density at radius 2 is 1.92 bits per heavy atom. The number of aliphatic hydroxyl groups excluding tert-OH is 1. The first-order chi connectivity index (χ1) is 12.6. The van der Waals surface area contributed by atoms with Crippen molar-refractivity contribution in [2.45, 2.75) is 37.8 Å². The van der Waals surface area contributed by atoms with E-state index in [1.807, 2.05) is 0 Å². The Bertz CT molecular complexity index is 950. The van der Waals surface area contributed by atoms with Crippen LogP contribution in [-0.4, -0.2) is 37.5 Å². The number of rotatable bonds is 3. The molecule has 1 aliphatic rings. The maximum absolute atomic E-state index is 13.3. The number of nitrogens with one attached hydrogen (secondary N) is 1. The van der Waals surface area contributed by atoms with Gasteiger partial charge in [-0.05, 0) is 31.0 Å².